The summed E-state index contributed by atoms with van der Waals surface area (Å²) in [5, 5.41) is 5.09. The number of carbonyl (C=O) groups is 2. The predicted molar refractivity (Wildman–Crippen MR) is 89.1 cm³/mol. The van der Waals surface area contributed by atoms with Crippen LogP contribution in [0.2, 0.25) is 0 Å². The molecule has 0 saturated carbocycles. The summed E-state index contributed by atoms with van der Waals surface area (Å²) >= 11 is 0. The number of fused-ring (bicyclic) bond motifs is 1. The minimum absolute atomic E-state index is 0.113. The van der Waals surface area contributed by atoms with E-state index in [-0.39, 0.29) is 18.0 Å². The molecule has 5 heteroatoms. The number of hydrogen-bond acceptors (Lipinski definition) is 2. The van der Waals surface area contributed by atoms with Gasteiger partial charge >= 0.3 is 6.03 Å². The lowest BCUT2D eigenvalue weighted by atomic mass is 10.1. The number of amides is 3. The van der Waals surface area contributed by atoms with Crippen molar-refractivity contribution in [3.63, 3.8) is 0 Å². The normalized spacial score (nSPS) is 17.1. The van der Waals surface area contributed by atoms with Crippen LogP contribution in [0.1, 0.15) is 12.5 Å². The Labute approximate surface area is 135 Å². The monoisotopic (exact) mass is 312 g/mol. The molecular weight excluding hydrogens is 290 g/mol. The molecule has 2 atom stereocenters. The molecule has 23 heavy (non-hydrogen) atoms. The Balaban J connectivity index is 1.70. The van der Waals surface area contributed by atoms with Crippen LogP contribution >= 0.6 is 0 Å². The number of benzene rings is 2. The number of quaternary nitrogens is 1. The lowest BCUT2D eigenvalue weighted by Crippen LogP contribution is -3.12. The highest BCUT2D eigenvalue weighted by atomic mass is 16.2. The minimum Gasteiger partial charge on any atom is -0.336 e. The van der Waals surface area contributed by atoms with Crippen molar-refractivity contribution in [3.05, 3.63) is 48.0 Å². The van der Waals surface area contributed by atoms with E-state index in [1.807, 2.05) is 26.1 Å². The molecule has 0 bridgehead atoms. The van der Waals surface area contributed by atoms with E-state index in [1.54, 1.807) is 0 Å². The highest BCUT2D eigenvalue weighted by Crippen LogP contribution is 2.15. The Bertz CT molecular complexity index is 744. The third-order valence-electron chi connectivity index (χ3n) is 4.53. The first-order chi connectivity index (χ1) is 11.1. The molecular formula is C18H22N3O2+. The summed E-state index contributed by atoms with van der Waals surface area (Å²) in [6, 6.07) is 14.1. The van der Waals surface area contributed by atoms with E-state index >= 15 is 0 Å². The van der Waals surface area contributed by atoms with Gasteiger partial charge in [-0.2, -0.15) is 0 Å². The van der Waals surface area contributed by atoms with Crippen LogP contribution in [0.25, 0.3) is 10.8 Å². The summed E-state index contributed by atoms with van der Waals surface area (Å²) in [5.41, 5.74) is 1.19. The second kappa shape index (κ2) is 6.38. The zero-order valence-corrected chi connectivity index (χ0v) is 13.5. The summed E-state index contributed by atoms with van der Waals surface area (Å²) in [7, 11) is 1.99. The fourth-order valence-corrected chi connectivity index (χ4v) is 2.95. The molecule has 2 aromatic rings. The largest absolute Gasteiger partial charge is 0.336 e. The van der Waals surface area contributed by atoms with Gasteiger partial charge in [0.05, 0.1) is 7.05 Å². The maximum Gasteiger partial charge on any atom is 0.324 e. The molecule has 0 aromatic heterocycles. The first-order valence-electron chi connectivity index (χ1n) is 7.95. The Morgan fingerprint density at radius 1 is 1.26 bits per heavy atom. The molecule has 3 rings (SSSR count). The summed E-state index contributed by atoms with van der Waals surface area (Å²) in [6.45, 7) is 3.63. The quantitative estimate of drug-likeness (QED) is 0.877. The van der Waals surface area contributed by atoms with E-state index in [2.05, 4.69) is 35.6 Å². The molecule has 1 unspecified atom stereocenters. The fraction of sp³-hybridized carbons (Fsp3) is 0.333. The SMILES string of the molecule is C[C@@H](C(=O)N1CCNC1=O)[NH+](C)Cc1ccc2ccccc2c1. The summed E-state index contributed by atoms with van der Waals surface area (Å²) < 4.78 is 0. The van der Waals surface area contributed by atoms with E-state index < -0.39 is 0 Å². The molecule has 1 aliphatic rings. The number of rotatable bonds is 4. The molecule has 3 amide bonds. The minimum atomic E-state index is -0.277. The van der Waals surface area contributed by atoms with Crippen molar-refractivity contribution in [1.29, 1.82) is 0 Å². The highest BCUT2D eigenvalue weighted by molar-refractivity contribution is 5.97. The smallest absolute Gasteiger partial charge is 0.324 e. The molecule has 1 aliphatic heterocycles. The molecule has 0 spiro atoms. The van der Waals surface area contributed by atoms with E-state index in [0.29, 0.717) is 13.1 Å². The van der Waals surface area contributed by atoms with Crippen LogP contribution in [0.4, 0.5) is 4.79 Å². The van der Waals surface area contributed by atoms with Crippen LogP contribution in [-0.4, -0.2) is 43.0 Å². The summed E-state index contributed by atoms with van der Waals surface area (Å²) in [6.07, 6.45) is 0. The molecule has 0 radical (unpaired) electrons. The number of hydrogen-bond donors (Lipinski definition) is 2. The Morgan fingerprint density at radius 2 is 2.00 bits per heavy atom. The Kier molecular flexibility index (Phi) is 4.30. The number of carbonyl (C=O) groups excluding carboxylic acids is 2. The molecule has 0 aliphatic carbocycles. The van der Waals surface area contributed by atoms with Crippen LogP contribution in [0, 0.1) is 0 Å². The fourth-order valence-electron chi connectivity index (χ4n) is 2.95. The summed E-state index contributed by atoms with van der Waals surface area (Å²) in [5.74, 6) is -0.113. The third kappa shape index (κ3) is 3.19. The second-order valence-corrected chi connectivity index (χ2v) is 6.15. The van der Waals surface area contributed by atoms with Crippen LogP contribution in [0.5, 0.6) is 0 Å². The first kappa shape index (κ1) is 15.5. The van der Waals surface area contributed by atoms with Gasteiger partial charge in [0.2, 0.25) is 0 Å². The predicted octanol–water partition coefficient (Wildman–Crippen LogP) is 0.795. The molecule has 1 fully saturated rings. The van der Waals surface area contributed by atoms with Gasteiger partial charge in [0.25, 0.3) is 5.91 Å². The second-order valence-electron chi connectivity index (χ2n) is 6.15. The van der Waals surface area contributed by atoms with Crippen molar-refractivity contribution >= 4 is 22.7 Å². The van der Waals surface area contributed by atoms with Crippen LogP contribution in [0.3, 0.4) is 0 Å². The van der Waals surface area contributed by atoms with Crippen LogP contribution in [-0.2, 0) is 11.3 Å². The van der Waals surface area contributed by atoms with Crippen LogP contribution in [0.15, 0.2) is 42.5 Å². The average molecular weight is 312 g/mol. The van der Waals surface area contributed by atoms with E-state index in [1.165, 1.54) is 21.2 Å². The van der Waals surface area contributed by atoms with Gasteiger partial charge in [-0.1, -0.05) is 36.4 Å². The van der Waals surface area contributed by atoms with Gasteiger partial charge in [-0.15, -0.1) is 0 Å². The molecule has 2 aromatic carbocycles. The first-order valence-corrected chi connectivity index (χ1v) is 7.95. The Hall–Kier alpha value is -2.40. The topological polar surface area (TPSA) is 53.9 Å². The van der Waals surface area contributed by atoms with E-state index in [9.17, 15) is 9.59 Å². The summed E-state index contributed by atoms with van der Waals surface area (Å²) in [4.78, 5) is 26.5. The number of nitrogens with one attached hydrogen (secondary N) is 2. The molecule has 1 heterocycles. The van der Waals surface area contributed by atoms with Crippen LogP contribution < -0.4 is 10.2 Å². The maximum absolute atomic E-state index is 12.4. The molecule has 1 saturated heterocycles. The highest BCUT2D eigenvalue weighted by Gasteiger charge is 2.33. The number of nitrogens with zero attached hydrogens (tertiary/aromatic N) is 1. The van der Waals surface area contributed by atoms with Crippen molar-refractivity contribution in [2.75, 3.05) is 20.1 Å². The average Bonchev–Trinajstić information content (AvgIpc) is 2.99. The maximum atomic E-state index is 12.4. The third-order valence-corrected chi connectivity index (χ3v) is 4.53. The molecule has 2 N–H and O–H groups in total. The number of imide groups is 1. The van der Waals surface area contributed by atoms with Gasteiger partial charge in [-0.05, 0) is 23.8 Å². The van der Waals surface area contributed by atoms with E-state index in [4.69, 9.17) is 0 Å². The number of urea groups is 1. The lowest BCUT2D eigenvalue weighted by Gasteiger charge is -2.24. The van der Waals surface area contributed by atoms with Crippen molar-refractivity contribution < 1.29 is 14.5 Å². The van der Waals surface area contributed by atoms with Gasteiger partial charge in [-0.25, -0.2) is 4.79 Å². The number of likely N-dealkylation sites (N-methyl/N-ethyl adjacent to an activating group) is 1. The van der Waals surface area contributed by atoms with Gasteiger partial charge in [0, 0.05) is 18.7 Å². The lowest BCUT2D eigenvalue weighted by molar-refractivity contribution is -0.908. The molecule has 5 nitrogen and oxygen atoms in total. The van der Waals surface area contributed by atoms with Crippen molar-refractivity contribution in [2.24, 2.45) is 0 Å². The standard InChI is InChI=1S/C18H21N3O2/c1-13(17(22)21-10-9-19-18(21)23)20(2)12-14-7-8-15-5-3-4-6-16(15)11-14/h3-8,11,13H,9-10,12H2,1-2H3,(H,19,23)/p+1/t13-/m0/s1. The van der Waals surface area contributed by atoms with E-state index in [0.717, 1.165) is 11.4 Å². The molecule has 120 valence electrons. The van der Waals surface area contributed by atoms with Gasteiger partial charge in [0.1, 0.15) is 6.54 Å². The van der Waals surface area contributed by atoms with Gasteiger partial charge in [-0.3, -0.25) is 9.69 Å². The Morgan fingerprint density at radius 3 is 2.70 bits per heavy atom. The van der Waals surface area contributed by atoms with Gasteiger partial charge in [0.15, 0.2) is 6.04 Å². The van der Waals surface area contributed by atoms with Crippen molar-refractivity contribution in [2.45, 2.75) is 19.5 Å². The zero-order valence-electron chi connectivity index (χ0n) is 13.5. The zero-order chi connectivity index (χ0) is 16.4. The van der Waals surface area contributed by atoms with Crippen molar-refractivity contribution in [1.82, 2.24) is 10.2 Å². The van der Waals surface area contributed by atoms with Crippen molar-refractivity contribution in [3.8, 4) is 0 Å². The van der Waals surface area contributed by atoms with Gasteiger partial charge < -0.3 is 10.2 Å².